The van der Waals surface area contributed by atoms with Crippen molar-refractivity contribution in [3.05, 3.63) is 58.4 Å². The number of tetrazole rings is 1. The lowest BCUT2D eigenvalue weighted by molar-refractivity contribution is 0.269. The van der Waals surface area contributed by atoms with Crippen molar-refractivity contribution in [2.24, 2.45) is 0 Å². The Morgan fingerprint density at radius 2 is 1.93 bits per heavy atom. The summed E-state index contributed by atoms with van der Waals surface area (Å²) in [6.45, 7) is 2.92. The first-order valence-electron chi connectivity index (χ1n) is 8.17. The molecule has 3 rings (SSSR count). The van der Waals surface area contributed by atoms with E-state index in [0.29, 0.717) is 29.7 Å². The average molecular weight is 393 g/mol. The molecule has 0 unspecified atom stereocenters. The zero-order valence-corrected chi connectivity index (χ0v) is 15.3. The van der Waals surface area contributed by atoms with Gasteiger partial charge in [0, 0.05) is 11.1 Å². The Balaban J connectivity index is 1.74. The van der Waals surface area contributed by atoms with Crippen molar-refractivity contribution >= 4 is 17.5 Å². The molecule has 3 N–H and O–H groups in total. The molecule has 1 heterocycles. The highest BCUT2D eigenvalue weighted by Crippen LogP contribution is 2.34. The zero-order valence-electron chi connectivity index (χ0n) is 14.5. The number of nitrogen functional groups attached to an aromatic ring is 1. The summed E-state index contributed by atoms with van der Waals surface area (Å²) in [5.74, 6) is 0.884. The molecule has 142 valence electrons. The lowest BCUT2D eigenvalue weighted by Gasteiger charge is -2.15. The Morgan fingerprint density at radius 1 is 1.19 bits per heavy atom. The van der Waals surface area contributed by atoms with Crippen LogP contribution < -0.4 is 20.6 Å². The molecule has 0 fully saturated rings. The number of nitrogens with two attached hydrogens (primary N) is 1. The van der Waals surface area contributed by atoms with E-state index in [1.165, 1.54) is 16.9 Å². The van der Waals surface area contributed by atoms with Crippen molar-refractivity contribution in [3.8, 4) is 11.5 Å². The molecule has 0 radical (unpaired) electrons. The van der Waals surface area contributed by atoms with Crippen LogP contribution in [0.25, 0.3) is 0 Å². The molecule has 0 aliphatic carbocycles. The maximum Gasteiger partial charge on any atom is 0.260 e. The number of aromatic nitrogens is 4. The molecule has 0 atom stereocenters. The van der Waals surface area contributed by atoms with E-state index in [1.807, 2.05) is 6.92 Å². The summed E-state index contributed by atoms with van der Waals surface area (Å²) < 4.78 is 24.5. The smallest absolute Gasteiger partial charge is 0.260 e. The summed E-state index contributed by atoms with van der Waals surface area (Å²) in [5.41, 5.74) is 10.1. The van der Waals surface area contributed by atoms with Gasteiger partial charge in [0.15, 0.2) is 11.5 Å². The summed E-state index contributed by atoms with van der Waals surface area (Å²) >= 11 is 6.37. The van der Waals surface area contributed by atoms with Crippen LogP contribution in [0, 0.1) is 5.82 Å². The summed E-state index contributed by atoms with van der Waals surface area (Å²) in [7, 11) is 0. The summed E-state index contributed by atoms with van der Waals surface area (Å²) in [6, 6.07) is 9.54. The number of hydrogen-bond acceptors (Lipinski definition) is 7. The fraction of sp³-hybridized carbons (Fsp3) is 0.235. The van der Waals surface area contributed by atoms with Crippen molar-refractivity contribution in [3.63, 3.8) is 0 Å². The van der Waals surface area contributed by atoms with E-state index in [-0.39, 0.29) is 18.4 Å². The monoisotopic (exact) mass is 392 g/mol. The van der Waals surface area contributed by atoms with Crippen LogP contribution in [0.5, 0.6) is 11.5 Å². The number of benzene rings is 2. The molecule has 1 aromatic heterocycles. The second-order valence-electron chi connectivity index (χ2n) is 5.52. The standard InChI is InChI=1S/C17H18ClFN6O2/c1-2-26-15-7-12(9-21-25-17(20)22-23-24-25)14(18)8-16(15)27-10-11-3-5-13(19)6-4-11/h3-8,21H,2,9-10H2,1H3,(H2,20,22,24). The average Bonchev–Trinajstić information content (AvgIpc) is 3.07. The van der Waals surface area contributed by atoms with Gasteiger partial charge in [-0.05, 0) is 46.7 Å². The summed E-state index contributed by atoms with van der Waals surface area (Å²) in [6.07, 6.45) is 0. The Morgan fingerprint density at radius 3 is 2.59 bits per heavy atom. The van der Waals surface area contributed by atoms with Crippen molar-refractivity contribution < 1.29 is 13.9 Å². The van der Waals surface area contributed by atoms with E-state index in [2.05, 4.69) is 21.0 Å². The highest BCUT2D eigenvalue weighted by molar-refractivity contribution is 6.31. The van der Waals surface area contributed by atoms with E-state index in [1.54, 1.807) is 24.3 Å². The molecule has 2 aromatic carbocycles. The number of halogens is 2. The number of nitrogens with zero attached hydrogens (tertiary/aromatic N) is 4. The number of nitrogens with one attached hydrogen (secondary N) is 1. The maximum absolute atomic E-state index is 13.0. The fourth-order valence-electron chi connectivity index (χ4n) is 2.30. The van der Waals surface area contributed by atoms with Gasteiger partial charge in [-0.3, -0.25) is 0 Å². The topological polar surface area (TPSA) is 100 Å². The highest BCUT2D eigenvalue weighted by Gasteiger charge is 2.12. The minimum absolute atomic E-state index is 0.135. The first kappa shape index (κ1) is 18.7. The second-order valence-corrected chi connectivity index (χ2v) is 5.93. The van der Waals surface area contributed by atoms with E-state index < -0.39 is 0 Å². The van der Waals surface area contributed by atoms with Crippen LogP contribution in [0.4, 0.5) is 10.3 Å². The van der Waals surface area contributed by atoms with Gasteiger partial charge in [-0.15, -0.1) is 4.79 Å². The minimum Gasteiger partial charge on any atom is -0.490 e. The van der Waals surface area contributed by atoms with Gasteiger partial charge in [-0.1, -0.05) is 28.8 Å². The van der Waals surface area contributed by atoms with Gasteiger partial charge < -0.3 is 20.6 Å². The molecule has 10 heteroatoms. The predicted molar refractivity (Wildman–Crippen MR) is 98.6 cm³/mol. The third-order valence-corrected chi connectivity index (χ3v) is 3.98. The molecule has 0 aliphatic rings. The van der Waals surface area contributed by atoms with Crippen molar-refractivity contribution in [1.29, 1.82) is 0 Å². The van der Waals surface area contributed by atoms with E-state index in [4.69, 9.17) is 26.8 Å². The summed E-state index contributed by atoms with van der Waals surface area (Å²) in [5, 5.41) is 11.2. The van der Waals surface area contributed by atoms with Gasteiger partial charge in [-0.25, -0.2) is 4.39 Å². The molecular weight excluding hydrogens is 375 g/mol. The molecule has 0 saturated carbocycles. The van der Waals surface area contributed by atoms with Crippen molar-refractivity contribution in [1.82, 2.24) is 20.3 Å². The maximum atomic E-state index is 13.0. The lowest BCUT2D eigenvalue weighted by atomic mass is 10.2. The van der Waals surface area contributed by atoms with Crippen LogP contribution >= 0.6 is 11.6 Å². The SMILES string of the molecule is CCOc1cc(CNn2nnnc2N)c(Cl)cc1OCc1ccc(F)cc1. The van der Waals surface area contributed by atoms with Crippen LogP contribution in [0.3, 0.4) is 0 Å². The molecular formula is C17H18ClFN6O2. The third-order valence-electron chi connectivity index (χ3n) is 3.63. The van der Waals surface area contributed by atoms with Crippen LogP contribution in [0.2, 0.25) is 5.02 Å². The van der Waals surface area contributed by atoms with Gasteiger partial charge in [0.1, 0.15) is 12.4 Å². The highest BCUT2D eigenvalue weighted by atomic mass is 35.5. The number of rotatable bonds is 8. The lowest BCUT2D eigenvalue weighted by Crippen LogP contribution is -2.18. The van der Waals surface area contributed by atoms with Gasteiger partial charge in [0.25, 0.3) is 5.95 Å². The molecule has 0 bridgehead atoms. The van der Waals surface area contributed by atoms with Gasteiger partial charge >= 0.3 is 0 Å². The Kier molecular flexibility index (Phi) is 5.92. The Hall–Kier alpha value is -3.07. The summed E-state index contributed by atoms with van der Waals surface area (Å²) in [4.78, 5) is 1.25. The van der Waals surface area contributed by atoms with Gasteiger partial charge in [-0.2, -0.15) is 0 Å². The van der Waals surface area contributed by atoms with Crippen LogP contribution in [0.15, 0.2) is 36.4 Å². The normalized spacial score (nSPS) is 10.6. The zero-order chi connectivity index (χ0) is 19.2. The second kappa shape index (κ2) is 8.54. The largest absolute Gasteiger partial charge is 0.490 e. The Bertz CT molecular complexity index is 903. The predicted octanol–water partition coefficient (Wildman–Crippen LogP) is 2.77. The molecule has 0 aliphatic heterocycles. The number of ether oxygens (including phenoxy) is 2. The van der Waals surface area contributed by atoms with Crippen molar-refractivity contribution in [2.45, 2.75) is 20.1 Å². The molecule has 0 amide bonds. The van der Waals surface area contributed by atoms with E-state index in [0.717, 1.165) is 11.1 Å². The van der Waals surface area contributed by atoms with Gasteiger partial charge in [0.05, 0.1) is 13.2 Å². The first-order chi connectivity index (χ1) is 13.1. The Labute approximate surface area is 160 Å². The van der Waals surface area contributed by atoms with Gasteiger partial charge in [0.2, 0.25) is 0 Å². The van der Waals surface area contributed by atoms with Crippen LogP contribution in [-0.2, 0) is 13.2 Å². The number of hydrogen-bond donors (Lipinski definition) is 2. The van der Waals surface area contributed by atoms with E-state index >= 15 is 0 Å². The number of anilines is 1. The molecule has 27 heavy (non-hydrogen) atoms. The first-order valence-corrected chi connectivity index (χ1v) is 8.54. The molecule has 3 aromatic rings. The van der Waals surface area contributed by atoms with E-state index in [9.17, 15) is 4.39 Å². The molecule has 8 nitrogen and oxygen atoms in total. The van der Waals surface area contributed by atoms with Crippen LogP contribution in [0.1, 0.15) is 18.1 Å². The molecule has 0 saturated heterocycles. The minimum atomic E-state index is -0.295. The third kappa shape index (κ3) is 4.76. The molecule has 0 spiro atoms. The fourth-order valence-corrected chi connectivity index (χ4v) is 2.52. The van der Waals surface area contributed by atoms with Crippen molar-refractivity contribution in [2.75, 3.05) is 17.8 Å². The quantitative estimate of drug-likeness (QED) is 0.607. The van der Waals surface area contributed by atoms with Crippen LogP contribution in [-0.4, -0.2) is 26.9 Å².